The van der Waals surface area contributed by atoms with Gasteiger partial charge in [0.15, 0.2) is 0 Å². The lowest BCUT2D eigenvalue weighted by Crippen LogP contribution is -2.30. The summed E-state index contributed by atoms with van der Waals surface area (Å²) >= 11 is 0. The number of H-pyrrole nitrogens is 1. The maximum Gasteiger partial charge on any atom is 0.261 e. The second kappa shape index (κ2) is 6.96. The predicted octanol–water partition coefficient (Wildman–Crippen LogP) is 3.28. The lowest BCUT2D eigenvalue weighted by atomic mass is 10.0. The molecule has 0 unspecified atom stereocenters. The molecule has 4 heteroatoms. The Labute approximate surface area is 140 Å². The number of aromatic nitrogens is 1. The Balaban J connectivity index is 1.87. The van der Waals surface area contributed by atoms with Crippen molar-refractivity contribution in [3.8, 4) is 11.1 Å². The summed E-state index contributed by atoms with van der Waals surface area (Å²) in [4.78, 5) is 27.3. The summed E-state index contributed by atoms with van der Waals surface area (Å²) in [7, 11) is 0. The molecule has 0 atom stereocenters. The van der Waals surface area contributed by atoms with E-state index in [1.807, 2.05) is 61.5 Å². The molecular formula is C20H18N2O2. The molecule has 1 aromatic heterocycles. The number of hydrogen-bond acceptors (Lipinski definition) is 2. The van der Waals surface area contributed by atoms with Crippen LogP contribution in [0.2, 0.25) is 0 Å². The Morgan fingerprint density at radius 3 is 2.42 bits per heavy atom. The third kappa shape index (κ3) is 3.43. The molecule has 0 fully saturated rings. The fourth-order valence-electron chi connectivity index (χ4n) is 2.54. The van der Waals surface area contributed by atoms with Gasteiger partial charge in [-0.15, -0.1) is 0 Å². The number of aromatic amines is 1. The van der Waals surface area contributed by atoms with Gasteiger partial charge in [0.25, 0.3) is 11.5 Å². The van der Waals surface area contributed by atoms with Gasteiger partial charge in [0.05, 0.1) is 0 Å². The first kappa shape index (κ1) is 15.7. The lowest BCUT2D eigenvalue weighted by molar-refractivity contribution is 0.0950. The number of nitrogens with one attached hydrogen (secondary N) is 2. The van der Waals surface area contributed by atoms with E-state index < -0.39 is 5.56 Å². The minimum Gasteiger partial charge on any atom is -0.348 e. The Bertz CT molecular complexity index is 897. The molecule has 0 saturated carbocycles. The first-order valence-corrected chi connectivity index (χ1v) is 7.76. The van der Waals surface area contributed by atoms with Gasteiger partial charge in [0, 0.05) is 18.3 Å². The number of benzene rings is 2. The van der Waals surface area contributed by atoms with Crippen LogP contribution in [-0.4, -0.2) is 10.9 Å². The Kier molecular flexibility index (Phi) is 4.57. The Morgan fingerprint density at radius 1 is 1.00 bits per heavy atom. The van der Waals surface area contributed by atoms with Crippen LogP contribution in [0.5, 0.6) is 0 Å². The Morgan fingerprint density at radius 2 is 1.71 bits per heavy atom. The minimum atomic E-state index is -0.391. The van der Waals surface area contributed by atoms with Crippen LogP contribution in [0.3, 0.4) is 0 Å². The van der Waals surface area contributed by atoms with Gasteiger partial charge in [-0.2, -0.15) is 0 Å². The molecule has 0 aliphatic heterocycles. The van der Waals surface area contributed by atoms with Crippen LogP contribution in [0.15, 0.2) is 71.7 Å². The molecule has 24 heavy (non-hydrogen) atoms. The highest BCUT2D eigenvalue weighted by Crippen LogP contribution is 2.20. The van der Waals surface area contributed by atoms with Crippen molar-refractivity contribution in [2.24, 2.45) is 0 Å². The van der Waals surface area contributed by atoms with Gasteiger partial charge in [-0.05, 0) is 24.1 Å². The van der Waals surface area contributed by atoms with Crippen LogP contribution < -0.4 is 10.9 Å². The SMILES string of the molecule is Cc1ccc(CNC(=O)c2c(-c3ccccc3)cc[nH]c2=O)cc1. The fourth-order valence-corrected chi connectivity index (χ4v) is 2.54. The quantitative estimate of drug-likeness (QED) is 0.775. The summed E-state index contributed by atoms with van der Waals surface area (Å²) in [5, 5.41) is 2.83. The monoisotopic (exact) mass is 318 g/mol. The van der Waals surface area contributed by atoms with Crippen molar-refractivity contribution in [1.82, 2.24) is 10.3 Å². The maximum atomic E-state index is 12.6. The van der Waals surface area contributed by atoms with E-state index in [1.165, 1.54) is 0 Å². The zero-order chi connectivity index (χ0) is 16.9. The number of amides is 1. The summed E-state index contributed by atoms with van der Waals surface area (Å²) in [5.41, 5.74) is 3.36. The van der Waals surface area contributed by atoms with Crippen LogP contribution in [0.25, 0.3) is 11.1 Å². The summed E-state index contributed by atoms with van der Waals surface area (Å²) in [5.74, 6) is -0.378. The zero-order valence-corrected chi connectivity index (χ0v) is 13.4. The van der Waals surface area contributed by atoms with Crippen LogP contribution in [0, 0.1) is 6.92 Å². The predicted molar refractivity (Wildman–Crippen MR) is 94.8 cm³/mol. The molecule has 0 bridgehead atoms. The van der Waals surface area contributed by atoms with Crippen LogP contribution in [-0.2, 0) is 6.54 Å². The molecule has 1 amide bonds. The zero-order valence-electron chi connectivity index (χ0n) is 13.4. The molecular weight excluding hydrogens is 300 g/mol. The third-order valence-electron chi connectivity index (χ3n) is 3.85. The molecule has 1 heterocycles. The highest BCUT2D eigenvalue weighted by Gasteiger charge is 2.16. The average Bonchev–Trinajstić information content (AvgIpc) is 2.61. The van der Waals surface area contributed by atoms with E-state index in [2.05, 4.69) is 10.3 Å². The Hall–Kier alpha value is -3.14. The van der Waals surface area contributed by atoms with Gasteiger partial charge in [-0.25, -0.2) is 0 Å². The molecule has 2 aromatic carbocycles. The van der Waals surface area contributed by atoms with Crippen molar-refractivity contribution in [1.29, 1.82) is 0 Å². The van der Waals surface area contributed by atoms with E-state index in [9.17, 15) is 9.59 Å². The molecule has 120 valence electrons. The van der Waals surface area contributed by atoms with Gasteiger partial charge < -0.3 is 10.3 Å². The number of pyridine rings is 1. The normalized spacial score (nSPS) is 10.4. The second-order valence-electron chi connectivity index (χ2n) is 5.63. The lowest BCUT2D eigenvalue weighted by Gasteiger charge is -2.10. The number of hydrogen-bond donors (Lipinski definition) is 2. The standard InChI is InChI=1S/C20H18N2O2/c1-14-7-9-15(10-8-14)13-22-20(24)18-17(11-12-21-19(18)23)16-5-3-2-4-6-16/h2-12H,13H2,1H3,(H,21,23)(H,22,24). The van der Waals surface area contributed by atoms with Gasteiger partial charge >= 0.3 is 0 Å². The van der Waals surface area contributed by atoms with Crippen LogP contribution in [0.4, 0.5) is 0 Å². The van der Waals surface area contributed by atoms with Crippen molar-refractivity contribution in [2.75, 3.05) is 0 Å². The van der Waals surface area contributed by atoms with E-state index in [4.69, 9.17) is 0 Å². The van der Waals surface area contributed by atoms with E-state index in [0.29, 0.717) is 12.1 Å². The summed E-state index contributed by atoms with van der Waals surface area (Å²) in [6.45, 7) is 2.39. The average molecular weight is 318 g/mol. The fraction of sp³-hybridized carbons (Fsp3) is 0.100. The summed E-state index contributed by atoms with van der Waals surface area (Å²) < 4.78 is 0. The van der Waals surface area contributed by atoms with E-state index in [0.717, 1.165) is 16.7 Å². The van der Waals surface area contributed by atoms with Gasteiger partial charge in [-0.3, -0.25) is 9.59 Å². The van der Waals surface area contributed by atoms with Crippen LogP contribution >= 0.6 is 0 Å². The molecule has 0 radical (unpaired) electrons. The largest absolute Gasteiger partial charge is 0.348 e. The summed E-state index contributed by atoms with van der Waals surface area (Å²) in [6, 6.07) is 19.1. The first-order valence-electron chi connectivity index (χ1n) is 7.76. The molecule has 0 aliphatic carbocycles. The number of carbonyl (C=O) groups excluding carboxylic acids is 1. The number of carbonyl (C=O) groups is 1. The molecule has 0 saturated heterocycles. The van der Waals surface area contributed by atoms with E-state index >= 15 is 0 Å². The van der Waals surface area contributed by atoms with Crippen molar-refractivity contribution < 1.29 is 4.79 Å². The molecule has 4 nitrogen and oxygen atoms in total. The van der Waals surface area contributed by atoms with Crippen molar-refractivity contribution in [3.63, 3.8) is 0 Å². The van der Waals surface area contributed by atoms with Crippen LogP contribution in [0.1, 0.15) is 21.5 Å². The second-order valence-corrected chi connectivity index (χ2v) is 5.63. The molecule has 0 aliphatic rings. The molecule has 2 N–H and O–H groups in total. The highest BCUT2D eigenvalue weighted by molar-refractivity contribution is 6.00. The van der Waals surface area contributed by atoms with Crippen molar-refractivity contribution in [3.05, 3.63) is 93.9 Å². The number of aryl methyl sites for hydroxylation is 1. The van der Waals surface area contributed by atoms with Crippen molar-refractivity contribution in [2.45, 2.75) is 13.5 Å². The van der Waals surface area contributed by atoms with E-state index in [-0.39, 0.29) is 11.5 Å². The van der Waals surface area contributed by atoms with Crippen molar-refractivity contribution >= 4 is 5.91 Å². The third-order valence-corrected chi connectivity index (χ3v) is 3.85. The topological polar surface area (TPSA) is 62.0 Å². The minimum absolute atomic E-state index is 0.135. The number of rotatable bonds is 4. The van der Waals surface area contributed by atoms with Gasteiger partial charge in [0.2, 0.25) is 0 Å². The van der Waals surface area contributed by atoms with Gasteiger partial charge in [-0.1, -0.05) is 60.2 Å². The highest BCUT2D eigenvalue weighted by atomic mass is 16.2. The molecule has 3 rings (SSSR count). The summed E-state index contributed by atoms with van der Waals surface area (Å²) in [6.07, 6.45) is 1.56. The van der Waals surface area contributed by atoms with E-state index in [1.54, 1.807) is 12.3 Å². The maximum absolute atomic E-state index is 12.6. The first-order chi connectivity index (χ1) is 11.6. The molecule has 3 aromatic rings. The smallest absolute Gasteiger partial charge is 0.261 e. The van der Waals surface area contributed by atoms with Gasteiger partial charge in [0.1, 0.15) is 5.56 Å². The molecule has 0 spiro atoms.